The SMILES string of the molecule is CCCCOc1ccc(C(=O)Oc2c(C)c(C)c3c(c2C)CC[C@@](C)(CCC[C@H](C)CCC[C@H](C)CCCC(C)C)O3)nc1. The second-order valence-corrected chi connectivity index (χ2v) is 14.4. The van der Waals surface area contributed by atoms with Gasteiger partial charge in [0.1, 0.15) is 28.5 Å². The first kappa shape index (κ1) is 35.9. The maximum atomic E-state index is 13.1. The van der Waals surface area contributed by atoms with E-state index in [4.69, 9.17) is 14.2 Å². The van der Waals surface area contributed by atoms with Gasteiger partial charge in [0.25, 0.3) is 0 Å². The van der Waals surface area contributed by atoms with E-state index < -0.39 is 5.97 Å². The third-order valence-corrected chi connectivity index (χ3v) is 9.74. The van der Waals surface area contributed by atoms with Crippen molar-refractivity contribution in [2.45, 2.75) is 151 Å². The summed E-state index contributed by atoms with van der Waals surface area (Å²) in [5.41, 5.74) is 4.27. The number of hydrogen-bond acceptors (Lipinski definition) is 5. The predicted octanol–water partition coefficient (Wildman–Crippen LogP) is 10.9. The van der Waals surface area contributed by atoms with Crippen molar-refractivity contribution in [2.24, 2.45) is 17.8 Å². The molecule has 0 saturated carbocycles. The molecular weight excluding hydrogens is 546 g/mol. The van der Waals surface area contributed by atoms with E-state index in [1.165, 1.54) is 51.4 Å². The number of unbranched alkanes of at least 4 members (excludes halogenated alkanes) is 1. The van der Waals surface area contributed by atoms with Crippen LogP contribution in [0, 0.1) is 38.5 Å². The Morgan fingerprint density at radius 1 is 0.909 bits per heavy atom. The Morgan fingerprint density at radius 3 is 2.18 bits per heavy atom. The summed E-state index contributed by atoms with van der Waals surface area (Å²) >= 11 is 0. The van der Waals surface area contributed by atoms with E-state index in [1.807, 2.05) is 13.8 Å². The second-order valence-electron chi connectivity index (χ2n) is 14.4. The molecule has 2 aromatic rings. The minimum atomic E-state index is -0.452. The molecule has 44 heavy (non-hydrogen) atoms. The van der Waals surface area contributed by atoms with Gasteiger partial charge in [0.2, 0.25) is 0 Å². The van der Waals surface area contributed by atoms with Crippen molar-refractivity contribution in [1.29, 1.82) is 0 Å². The Hall–Kier alpha value is -2.56. The Kier molecular flexibility index (Phi) is 14.1. The van der Waals surface area contributed by atoms with Gasteiger partial charge in [-0.05, 0) is 106 Å². The number of fused-ring (bicyclic) bond motifs is 1. The molecule has 2 heterocycles. The lowest BCUT2D eigenvalue weighted by molar-refractivity contribution is 0.0508. The average Bonchev–Trinajstić information content (AvgIpc) is 2.98. The van der Waals surface area contributed by atoms with Crippen LogP contribution in [0.4, 0.5) is 0 Å². The minimum Gasteiger partial charge on any atom is -0.492 e. The molecule has 0 saturated heterocycles. The number of ether oxygens (including phenoxy) is 3. The highest BCUT2D eigenvalue weighted by Crippen LogP contribution is 2.45. The molecule has 0 N–H and O–H groups in total. The molecule has 1 aliphatic heterocycles. The van der Waals surface area contributed by atoms with Crippen LogP contribution in [0.5, 0.6) is 17.2 Å². The Morgan fingerprint density at radius 2 is 1.57 bits per heavy atom. The molecule has 1 aliphatic rings. The van der Waals surface area contributed by atoms with Crippen LogP contribution in [0.1, 0.15) is 151 Å². The highest BCUT2D eigenvalue weighted by molar-refractivity contribution is 5.89. The van der Waals surface area contributed by atoms with Gasteiger partial charge >= 0.3 is 5.97 Å². The second kappa shape index (κ2) is 17.2. The van der Waals surface area contributed by atoms with Crippen molar-refractivity contribution in [1.82, 2.24) is 4.98 Å². The fourth-order valence-electron chi connectivity index (χ4n) is 6.48. The van der Waals surface area contributed by atoms with Crippen LogP contribution in [-0.4, -0.2) is 23.2 Å². The van der Waals surface area contributed by atoms with Crippen molar-refractivity contribution < 1.29 is 19.0 Å². The molecule has 0 spiro atoms. The number of benzene rings is 1. The van der Waals surface area contributed by atoms with Gasteiger partial charge in [-0.1, -0.05) is 86.0 Å². The Balaban J connectivity index is 1.53. The van der Waals surface area contributed by atoms with Gasteiger partial charge in [0.05, 0.1) is 12.8 Å². The Bertz CT molecular complexity index is 1190. The summed E-state index contributed by atoms with van der Waals surface area (Å²) in [7, 11) is 0. The number of esters is 1. The largest absolute Gasteiger partial charge is 0.492 e. The van der Waals surface area contributed by atoms with Crippen molar-refractivity contribution in [3.8, 4) is 17.2 Å². The first-order valence-corrected chi connectivity index (χ1v) is 17.6. The van der Waals surface area contributed by atoms with Crippen LogP contribution in [0.2, 0.25) is 0 Å². The molecule has 0 bridgehead atoms. The number of nitrogens with zero attached hydrogens (tertiary/aromatic N) is 1. The van der Waals surface area contributed by atoms with Crippen molar-refractivity contribution in [2.75, 3.05) is 6.61 Å². The van der Waals surface area contributed by atoms with Gasteiger partial charge < -0.3 is 14.2 Å². The van der Waals surface area contributed by atoms with E-state index in [0.29, 0.717) is 18.1 Å². The number of carbonyl (C=O) groups excluding carboxylic acids is 1. The zero-order chi connectivity index (χ0) is 32.3. The van der Waals surface area contributed by atoms with E-state index in [9.17, 15) is 4.79 Å². The first-order chi connectivity index (χ1) is 20.9. The van der Waals surface area contributed by atoms with Gasteiger partial charge in [-0.3, -0.25) is 0 Å². The van der Waals surface area contributed by atoms with Crippen LogP contribution in [0.3, 0.4) is 0 Å². The molecule has 0 unspecified atom stereocenters. The number of aromatic nitrogens is 1. The van der Waals surface area contributed by atoms with E-state index in [0.717, 1.165) is 77.9 Å². The van der Waals surface area contributed by atoms with Crippen LogP contribution in [-0.2, 0) is 6.42 Å². The summed E-state index contributed by atoms with van der Waals surface area (Å²) in [6.07, 6.45) is 17.2. The maximum absolute atomic E-state index is 13.1. The summed E-state index contributed by atoms with van der Waals surface area (Å²) in [6, 6.07) is 3.45. The zero-order valence-electron chi connectivity index (χ0n) is 29.4. The van der Waals surface area contributed by atoms with Gasteiger partial charge in [0.15, 0.2) is 0 Å². The van der Waals surface area contributed by atoms with Gasteiger partial charge in [0, 0.05) is 5.56 Å². The van der Waals surface area contributed by atoms with E-state index >= 15 is 0 Å². The third-order valence-electron chi connectivity index (χ3n) is 9.74. The highest BCUT2D eigenvalue weighted by Gasteiger charge is 2.35. The molecule has 246 valence electrons. The quantitative estimate of drug-likeness (QED) is 0.0958. The number of carbonyl (C=O) groups is 1. The van der Waals surface area contributed by atoms with Crippen molar-refractivity contribution in [3.63, 3.8) is 0 Å². The third kappa shape index (κ3) is 10.5. The van der Waals surface area contributed by atoms with Crippen LogP contribution >= 0.6 is 0 Å². The number of pyridine rings is 1. The summed E-state index contributed by atoms with van der Waals surface area (Å²) in [6.45, 7) is 20.7. The summed E-state index contributed by atoms with van der Waals surface area (Å²) in [5.74, 6) is 4.28. The summed E-state index contributed by atoms with van der Waals surface area (Å²) in [4.78, 5) is 17.4. The molecule has 3 atom stereocenters. The lowest BCUT2D eigenvalue weighted by Crippen LogP contribution is -2.37. The monoisotopic (exact) mass is 607 g/mol. The molecule has 0 amide bonds. The van der Waals surface area contributed by atoms with Crippen molar-refractivity contribution >= 4 is 5.97 Å². The molecule has 5 nitrogen and oxygen atoms in total. The molecule has 1 aromatic heterocycles. The number of hydrogen-bond donors (Lipinski definition) is 0. The topological polar surface area (TPSA) is 57.7 Å². The normalized spacial score (nSPS) is 17.6. The van der Waals surface area contributed by atoms with Gasteiger partial charge in [-0.2, -0.15) is 0 Å². The molecule has 3 rings (SSSR count). The average molecular weight is 608 g/mol. The van der Waals surface area contributed by atoms with Crippen LogP contribution in [0.25, 0.3) is 0 Å². The molecule has 0 aliphatic carbocycles. The number of rotatable bonds is 18. The molecule has 0 radical (unpaired) electrons. The van der Waals surface area contributed by atoms with Crippen LogP contribution in [0.15, 0.2) is 18.3 Å². The van der Waals surface area contributed by atoms with Gasteiger partial charge in [-0.25, -0.2) is 9.78 Å². The molecule has 0 fully saturated rings. The van der Waals surface area contributed by atoms with E-state index in [1.54, 1.807) is 18.3 Å². The smallest absolute Gasteiger partial charge is 0.362 e. The molecule has 5 heteroatoms. The summed E-state index contributed by atoms with van der Waals surface area (Å²) in [5, 5.41) is 0. The van der Waals surface area contributed by atoms with E-state index in [-0.39, 0.29) is 11.3 Å². The summed E-state index contributed by atoms with van der Waals surface area (Å²) < 4.78 is 18.4. The standard InChI is InChI=1S/C39H61NO4/c1-10-11-25-42-33-20-21-35(40-26-33)38(41)43-36-30(6)31(7)37-34(32(36)8)22-24-39(9,44-37)23-14-19-29(5)18-13-17-28(4)16-12-15-27(2)3/h20-21,26-29H,10-19,22-25H2,1-9H3/t28-,29-,39-/m1/s1. The minimum absolute atomic E-state index is 0.162. The lowest BCUT2D eigenvalue weighted by Gasteiger charge is -2.38. The van der Waals surface area contributed by atoms with E-state index in [2.05, 4.69) is 53.5 Å². The van der Waals surface area contributed by atoms with Gasteiger partial charge in [-0.15, -0.1) is 0 Å². The first-order valence-electron chi connectivity index (χ1n) is 17.6. The van der Waals surface area contributed by atoms with Crippen LogP contribution < -0.4 is 14.2 Å². The van der Waals surface area contributed by atoms with Crippen molar-refractivity contribution in [3.05, 3.63) is 46.3 Å². The molecular formula is C39H61NO4. The molecule has 1 aromatic carbocycles. The fourth-order valence-corrected chi connectivity index (χ4v) is 6.48. The highest BCUT2D eigenvalue weighted by atomic mass is 16.5. The predicted molar refractivity (Wildman–Crippen MR) is 182 cm³/mol. The maximum Gasteiger partial charge on any atom is 0.362 e. The fraction of sp³-hybridized carbons (Fsp3) is 0.692. The lowest BCUT2D eigenvalue weighted by atomic mass is 9.83. The zero-order valence-corrected chi connectivity index (χ0v) is 29.4. The Labute approximate surface area is 268 Å².